The van der Waals surface area contributed by atoms with Crippen LogP contribution in [0, 0.1) is 0 Å². The van der Waals surface area contributed by atoms with Crippen molar-refractivity contribution in [3.8, 4) is 0 Å². The van der Waals surface area contributed by atoms with Gasteiger partial charge in [-0.05, 0) is 12.1 Å². The van der Waals surface area contributed by atoms with Crippen molar-refractivity contribution in [1.29, 1.82) is 0 Å². The van der Waals surface area contributed by atoms with Gasteiger partial charge in [-0.25, -0.2) is 9.59 Å². The molecule has 1 atom stereocenters. The summed E-state index contributed by atoms with van der Waals surface area (Å²) in [5.74, 6) is -0.434. The zero-order valence-corrected chi connectivity index (χ0v) is 10.3. The van der Waals surface area contributed by atoms with E-state index in [0.717, 1.165) is 0 Å². The Morgan fingerprint density at radius 2 is 2.11 bits per heavy atom. The van der Waals surface area contributed by atoms with Gasteiger partial charge in [0.05, 0.1) is 18.7 Å². The Morgan fingerprint density at radius 1 is 1.37 bits per heavy atom. The molecule has 1 heterocycles. The lowest BCUT2D eigenvalue weighted by molar-refractivity contribution is -0.0528. The lowest BCUT2D eigenvalue weighted by Crippen LogP contribution is -2.46. The monoisotopic (exact) mass is 265 g/mol. The second-order valence-electron chi connectivity index (χ2n) is 4.19. The maximum absolute atomic E-state index is 11.7. The summed E-state index contributed by atoms with van der Waals surface area (Å²) in [6.07, 6.45) is -1.39. The number of morpholine rings is 1. The number of rotatable bonds is 3. The van der Waals surface area contributed by atoms with E-state index >= 15 is 0 Å². The number of carboxylic acid groups (broad SMARTS) is 1. The summed E-state index contributed by atoms with van der Waals surface area (Å²) >= 11 is 0. The molecular weight excluding hydrogens is 250 g/mol. The molecule has 1 unspecified atom stereocenters. The van der Waals surface area contributed by atoms with E-state index in [4.69, 9.17) is 14.6 Å². The number of nitrogens with zero attached hydrogens (tertiary/aromatic N) is 1. The van der Waals surface area contributed by atoms with Gasteiger partial charge in [0.2, 0.25) is 0 Å². The molecule has 2 rings (SSSR count). The molecule has 1 amide bonds. The number of esters is 1. The first-order valence-electron chi connectivity index (χ1n) is 5.98. The van der Waals surface area contributed by atoms with Gasteiger partial charge >= 0.3 is 12.1 Å². The highest BCUT2D eigenvalue weighted by Crippen LogP contribution is 2.08. The van der Waals surface area contributed by atoms with Crippen molar-refractivity contribution in [2.75, 3.05) is 26.3 Å². The molecule has 19 heavy (non-hydrogen) atoms. The number of carbonyl (C=O) groups is 2. The molecule has 0 aromatic heterocycles. The minimum Gasteiger partial charge on any atom is -0.465 e. The molecular formula is C13H15NO5. The van der Waals surface area contributed by atoms with Gasteiger partial charge in [0.15, 0.2) is 0 Å². The third-order valence-corrected chi connectivity index (χ3v) is 2.82. The lowest BCUT2D eigenvalue weighted by Gasteiger charge is -2.30. The molecule has 0 radical (unpaired) electrons. The van der Waals surface area contributed by atoms with Crippen LogP contribution in [-0.4, -0.2) is 54.5 Å². The van der Waals surface area contributed by atoms with E-state index < -0.39 is 18.2 Å². The Bertz CT molecular complexity index is 448. The SMILES string of the molecule is O=C(OCC1CN(C(=O)O)CCO1)c1ccccc1. The highest BCUT2D eigenvalue weighted by atomic mass is 16.6. The van der Waals surface area contributed by atoms with Crippen LogP contribution in [0.5, 0.6) is 0 Å². The second kappa shape index (κ2) is 6.19. The van der Waals surface area contributed by atoms with Crippen molar-refractivity contribution in [1.82, 2.24) is 4.90 Å². The van der Waals surface area contributed by atoms with Gasteiger partial charge in [0, 0.05) is 6.54 Å². The van der Waals surface area contributed by atoms with Crippen LogP contribution in [0.2, 0.25) is 0 Å². The first kappa shape index (κ1) is 13.4. The lowest BCUT2D eigenvalue weighted by atomic mass is 10.2. The van der Waals surface area contributed by atoms with E-state index in [9.17, 15) is 9.59 Å². The van der Waals surface area contributed by atoms with Crippen LogP contribution in [0.4, 0.5) is 4.79 Å². The van der Waals surface area contributed by atoms with E-state index in [-0.39, 0.29) is 13.2 Å². The molecule has 6 nitrogen and oxygen atoms in total. The minimum atomic E-state index is -0.984. The van der Waals surface area contributed by atoms with Crippen molar-refractivity contribution in [3.05, 3.63) is 35.9 Å². The zero-order chi connectivity index (χ0) is 13.7. The summed E-state index contributed by atoms with van der Waals surface area (Å²) in [4.78, 5) is 23.8. The molecule has 1 aromatic rings. The topological polar surface area (TPSA) is 76.1 Å². The number of benzene rings is 1. The summed E-state index contributed by atoms with van der Waals surface area (Å²) in [7, 11) is 0. The van der Waals surface area contributed by atoms with E-state index in [0.29, 0.717) is 18.7 Å². The number of hydrogen-bond donors (Lipinski definition) is 1. The summed E-state index contributed by atoms with van der Waals surface area (Å²) in [6.45, 7) is 0.938. The fraction of sp³-hybridized carbons (Fsp3) is 0.385. The molecule has 0 spiro atoms. The highest BCUT2D eigenvalue weighted by Gasteiger charge is 2.24. The first-order chi connectivity index (χ1) is 9.16. The van der Waals surface area contributed by atoms with Gasteiger partial charge in [-0.3, -0.25) is 0 Å². The summed E-state index contributed by atoms with van der Waals surface area (Å²) in [6, 6.07) is 8.63. The molecule has 6 heteroatoms. The van der Waals surface area contributed by atoms with E-state index in [1.54, 1.807) is 24.3 Å². The van der Waals surface area contributed by atoms with Gasteiger partial charge in [0.1, 0.15) is 12.7 Å². The van der Waals surface area contributed by atoms with Gasteiger partial charge in [0.25, 0.3) is 0 Å². The van der Waals surface area contributed by atoms with Crippen molar-refractivity contribution >= 4 is 12.1 Å². The van der Waals surface area contributed by atoms with Gasteiger partial charge in [-0.1, -0.05) is 18.2 Å². The predicted octanol–water partition coefficient (Wildman–Crippen LogP) is 1.22. The standard InChI is InChI=1S/C13H15NO5/c15-12(10-4-2-1-3-5-10)19-9-11-8-14(13(16)17)6-7-18-11/h1-5,11H,6-9H2,(H,16,17). The summed E-state index contributed by atoms with van der Waals surface area (Å²) in [5.41, 5.74) is 0.466. The maximum Gasteiger partial charge on any atom is 0.407 e. The minimum absolute atomic E-state index is 0.0531. The van der Waals surface area contributed by atoms with E-state index in [1.165, 1.54) is 4.90 Å². The van der Waals surface area contributed by atoms with Crippen molar-refractivity contribution in [2.45, 2.75) is 6.10 Å². The molecule has 1 aliphatic rings. The average molecular weight is 265 g/mol. The Morgan fingerprint density at radius 3 is 2.79 bits per heavy atom. The molecule has 1 fully saturated rings. The van der Waals surface area contributed by atoms with Crippen LogP contribution in [0.1, 0.15) is 10.4 Å². The summed E-state index contributed by atoms with van der Waals surface area (Å²) < 4.78 is 10.5. The van der Waals surface area contributed by atoms with Crippen LogP contribution >= 0.6 is 0 Å². The highest BCUT2D eigenvalue weighted by molar-refractivity contribution is 5.89. The molecule has 102 valence electrons. The third-order valence-electron chi connectivity index (χ3n) is 2.82. The molecule has 1 aromatic carbocycles. The second-order valence-corrected chi connectivity index (χ2v) is 4.19. The van der Waals surface area contributed by atoms with Crippen LogP contribution < -0.4 is 0 Å². The summed E-state index contributed by atoms with van der Waals surface area (Å²) in [5, 5.41) is 8.87. The van der Waals surface area contributed by atoms with Crippen LogP contribution in [-0.2, 0) is 9.47 Å². The smallest absolute Gasteiger partial charge is 0.407 e. The normalized spacial score (nSPS) is 18.9. The zero-order valence-electron chi connectivity index (χ0n) is 10.3. The third kappa shape index (κ3) is 3.69. The quantitative estimate of drug-likeness (QED) is 0.832. The Balaban J connectivity index is 1.82. The van der Waals surface area contributed by atoms with Crippen molar-refractivity contribution in [2.24, 2.45) is 0 Å². The number of carbonyl (C=O) groups excluding carboxylic acids is 1. The Hall–Kier alpha value is -2.08. The van der Waals surface area contributed by atoms with Gasteiger partial charge in [-0.15, -0.1) is 0 Å². The molecule has 0 saturated carbocycles. The van der Waals surface area contributed by atoms with Crippen LogP contribution in [0.3, 0.4) is 0 Å². The Kier molecular flexibility index (Phi) is 4.35. The molecule has 1 saturated heterocycles. The number of hydrogen-bond acceptors (Lipinski definition) is 4. The van der Waals surface area contributed by atoms with Crippen molar-refractivity contribution < 1.29 is 24.2 Å². The molecule has 1 N–H and O–H groups in total. The number of amides is 1. The first-order valence-corrected chi connectivity index (χ1v) is 5.98. The molecule has 0 bridgehead atoms. The average Bonchev–Trinajstić information content (AvgIpc) is 2.46. The van der Waals surface area contributed by atoms with Crippen LogP contribution in [0.25, 0.3) is 0 Å². The fourth-order valence-corrected chi connectivity index (χ4v) is 1.82. The van der Waals surface area contributed by atoms with Crippen molar-refractivity contribution in [3.63, 3.8) is 0 Å². The van der Waals surface area contributed by atoms with Gasteiger partial charge < -0.3 is 19.5 Å². The fourth-order valence-electron chi connectivity index (χ4n) is 1.82. The maximum atomic E-state index is 11.7. The largest absolute Gasteiger partial charge is 0.465 e. The van der Waals surface area contributed by atoms with E-state index in [2.05, 4.69) is 0 Å². The molecule has 0 aliphatic carbocycles. The van der Waals surface area contributed by atoms with Gasteiger partial charge in [-0.2, -0.15) is 0 Å². The Labute approximate surface area is 110 Å². The molecule has 1 aliphatic heterocycles. The number of ether oxygens (including phenoxy) is 2. The van der Waals surface area contributed by atoms with Crippen LogP contribution in [0.15, 0.2) is 30.3 Å². The van der Waals surface area contributed by atoms with E-state index in [1.807, 2.05) is 6.07 Å². The predicted molar refractivity (Wildman–Crippen MR) is 66.1 cm³/mol.